The van der Waals surface area contributed by atoms with Crippen LogP contribution < -0.4 is 0 Å². The highest BCUT2D eigenvalue weighted by atomic mass is 16.6. The fraction of sp³-hybridized carbons (Fsp3) is 0.316. The van der Waals surface area contributed by atoms with Crippen molar-refractivity contribution in [1.82, 2.24) is 4.90 Å². The van der Waals surface area contributed by atoms with Crippen molar-refractivity contribution < 1.29 is 33.9 Å². The van der Waals surface area contributed by atoms with Crippen LogP contribution in [0.4, 0.5) is 5.69 Å². The number of aliphatic carboxylic acids is 1. The molecule has 1 N–H and O–H groups in total. The molecule has 29 heavy (non-hydrogen) atoms. The van der Waals surface area contributed by atoms with Crippen molar-refractivity contribution in [2.45, 2.75) is 25.3 Å². The molecule has 0 radical (unpaired) electrons. The summed E-state index contributed by atoms with van der Waals surface area (Å²) in [4.78, 5) is 48.7. The Morgan fingerprint density at radius 3 is 2.07 bits per heavy atom. The molecule has 0 saturated carbocycles. The minimum Gasteiger partial charge on any atom is -0.480 e. The standard InChI is InChI=1S/C19H20N2O8/c1-4-14(17(22)23)20-9-12(18(24)28-2)16(13(10-20)19(25)29-3)11-7-5-6-8-15(11)21(26)27/h5-10,14,16H,4H2,1-3H3,(H,22,23). The minimum atomic E-state index is -1.17. The van der Waals surface area contributed by atoms with Gasteiger partial charge in [-0.1, -0.05) is 25.1 Å². The van der Waals surface area contributed by atoms with E-state index in [0.29, 0.717) is 0 Å². The monoisotopic (exact) mass is 404 g/mol. The zero-order valence-electron chi connectivity index (χ0n) is 16.0. The predicted molar refractivity (Wildman–Crippen MR) is 99.6 cm³/mol. The summed E-state index contributed by atoms with van der Waals surface area (Å²) in [5.41, 5.74) is -0.469. The number of hydrogen-bond acceptors (Lipinski definition) is 8. The van der Waals surface area contributed by atoms with Crippen LogP contribution in [0.25, 0.3) is 0 Å². The third-order valence-corrected chi connectivity index (χ3v) is 4.52. The zero-order chi connectivity index (χ0) is 21.7. The molecule has 0 bridgehead atoms. The van der Waals surface area contributed by atoms with Gasteiger partial charge in [0.05, 0.1) is 36.2 Å². The largest absolute Gasteiger partial charge is 0.480 e. The van der Waals surface area contributed by atoms with Gasteiger partial charge in [-0.2, -0.15) is 0 Å². The highest BCUT2D eigenvalue weighted by Crippen LogP contribution is 2.41. The summed E-state index contributed by atoms with van der Waals surface area (Å²) in [6, 6.07) is 4.58. The maximum absolute atomic E-state index is 12.5. The third-order valence-electron chi connectivity index (χ3n) is 4.52. The average Bonchev–Trinajstić information content (AvgIpc) is 2.72. The summed E-state index contributed by atoms with van der Waals surface area (Å²) < 4.78 is 9.59. The summed E-state index contributed by atoms with van der Waals surface area (Å²) in [6.07, 6.45) is 2.64. The summed E-state index contributed by atoms with van der Waals surface area (Å²) in [5.74, 6) is -4.04. The molecule has 1 aliphatic heterocycles. The van der Waals surface area contributed by atoms with Gasteiger partial charge in [0, 0.05) is 24.0 Å². The number of carboxylic acid groups (broad SMARTS) is 1. The van der Waals surface area contributed by atoms with Crippen molar-refractivity contribution in [3.05, 3.63) is 63.5 Å². The van der Waals surface area contributed by atoms with Gasteiger partial charge in [-0.25, -0.2) is 14.4 Å². The van der Waals surface area contributed by atoms with Gasteiger partial charge in [0.15, 0.2) is 0 Å². The molecule has 1 aliphatic rings. The Labute approximate surface area is 166 Å². The lowest BCUT2D eigenvalue weighted by molar-refractivity contribution is -0.385. The molecule has 0 aliphatic carbocycles. The van der Waals surface area contributed by atoms with Gasteiger partial charge in [-0.05, 0) is 6.42 Å². The molecule has 2 rings (SSSR count). The minimum absolute atomic E-state index is 0.0776. The molecule has 0 amide bonds. The number of esters is 2. The number of carbonyl (C=O) groups excluding carboxylic acids is 2. The first kappa shape index (κ1) is 21.6. The van der Waals surface area contributed by atoms with Crippen LogP contribution in [-0.2, 0) is 23.9 Å². The Bertz CT molecular complexity index is 871. The second-order valence-corrected chi connectivity index (χ2v) is 6.11. The van der Waals surface area contributed by atoms with Crippen LogP contribution in [0, 0.1) is 10.1 Å². The Kier molecular flexibility index (Phi) is 6.71. The van der Waals surface area contributed by atoms with Gasteiger partial charge >= 0.3 is 17.9 Å². The first-order valence-electron chi connectivity index (χ1n) is 8.60. The van der Waals surface area contributed by atoms with Gasteiger partial charge in [-0.15, -0.1) is 0 Å². The highest BCUT2D eigenvalue weighted by Gasteiger charge is 2.40. The lowest BCUT2D eigenvalue weighted by Crippen LogP contribution is -2.38. The Morgan fingerprint density at radius 1 is 1.14 bits per heavy atom. The van der Waals surface area contributed by atoms with Crippen molar-refractivity contribution in [2.24, 2.45) is 0 Å². The summed E-state index contributed by atoms with van der Waals surface area (Å²) in [7, 11) is 2.24. The fourth-order valence-electron chi connectivity index (χ4n) is 3.18. The molecule has 0 fully saturated rings. The second kappa shape index (κ2) is 9.00. The summed E-state index contributed by atoms with van der Waals surface area (Å²) in [6.45, 7) is 1.63. The van der Waals surface area contributed by atoms with Crippen molar-refractivity contribution in [1.29, 1.82) is 0 Å². The highest BCUT2D eigenvalue weighted by molar-refractivity contribution is 5.99. The number of methoxy groups -OCH3 is 2. The van der Waals surface area contributed by atoms with Crippen LogP contribution >= 0.6 is 0 Å². The van der Waals surface area contributed by atoms with Crippen LogP contribution in [-0.4, -0.2) is 53.1 Å². The number of rotatable bonds is 7. The summed E-state index contributed by atoms with van der Waals surface area (Å²) >= 11 is 0. The molecule has 1 aromatic rings. The van der Waals surface area contributed by atoms with Crippen molar-refractivity contribution in [3.8, 4) is 0 Å². The quantitative estimate of drug-likeness (QED) is 0.411. The predicted octanol–water partition coefficient (Wildman–Crippen LogP) is 1.97. The van der Waals surface area contributed by atoms with E-state index in [2.05, 4.69) is 0 Å². The van der Waals surface area contributed by atoms with Gasteiger partial charge in [0.2, 0.25) is 0 Å². The van der Waals surface area contributed by atoms with E-state index in [1.807, 2.05) is 0 Å². The number of carboxylic acids is 1. The van der Waals surface area contributed by atoms with E-state index in [1.54, 1.807) is 6.92 Å². The van der Waals surface area contributed by atoms with Gasteiger partial charge in [0.1, 0.15) is 6.04 Å². The van der Waals surface area contributed by atoms with Crippen LogP contribution in [0.5, 0.6) is 0 Å². The lowest BCUT2D eigenvalue weighted by atomic mass is 9.82. The first-order chi connectivity index (χ1) is 13.8. The molecule has 0 aromatic heterocycles. The van der Waals surface area contributed by atoms with Crippen LogP contribution in [0.1, 0.15) is 24.8 Å². The van der Waals surface area contributed by atoms with Crippen molar-refractivity contribution in [2.75, 3.05) is 14.2 Å². The lowest BCUT2D eigenvalue weighted by Gasteiger charge is -2.32. The number of ether oxygens (including phenoxy) is 2. The van der Waals surface area contributed by atoms with Crippen LogP contribution in [0.15, 0.2) is 47.8 Å². The molecule has 1 atom stereocenters. The van der Waals surface area contributed by atoms with Gasteiger partial charge < -0.3 is 19.5 Å². The van der Waals surface area contributed by atoms with E-state index >= 15 is 0 Å². The fourth-order valence-corrected chi connectivity index (χ4v) is 3.18. The SMILES string of the molecule is CCC(C(=O)O)N1C=C(C(=O)OC)C(c2ccccc2[N+](=O)[O-])C(C(=O)OC)=C1. The molecule has 10 nitrogen and oxygen atoms in total. The van der Waals surface area contributed by atoms with Crippen LogP contribution in [0.3, 0.4) is 0 Å². The smallest absolute Gasteiger partial charge is 0.336 e. The molecule has 1 heterocycles. The van der Waals surface area contributed by atoms with Gasteiger partial charge in [-0.3, -0.25) is 10.1 Å². The maximum atomic E-state index is 12.5. The van der Waals surface area contributed by atoms with Crippen molar-refractivity contribution in [3.63, 3.8) is 0 Å². The number of carbonyl (C=O) groups is 3. The Balaban J connectivity index is 2.77. The molecule has 1 aromatic carbocycles. The number of benzene rings is 1. The zero-order valence-corrected chi connectivity index (χ0v) is 16.0. The number of nitro groups is 1. The van der Waals surface area contributed by atoms with E-state index in [9.17, 15) is 29.6 Å². The Morgan fingerprint density at radius 2 is 1.66 bits per heavy atom. The topological polar surface area (TPSA) is 136 Å². The van der Waals surface area contributed by atoms with Crippen molar-refractivity contribution >= 4 is 23.6 Å². The van der Waals surface area contributed by atoms with Crippen LogP contribution in [0.2, 0.25) is 0 Å². The third kappa shape index (κ3) is 4.26. The van der Waals surface area contributed by atoms with E-state index in [0.717, 1.165) is 14.2 Å². The molecular weight excluding hydrogens is 384 g/mol. The number of hydrogen-bond donors (Lipinski definition) is 1. The molecular formula is C19H20N2O8. The molecule has 0 spiro atoms. The number of nitro benzene ring substituents is 1. The Hall–Kier alpha value is -3.69. The average molecular weight is 404 g/mol. The number of nitrogens with zero attached hydrogens (tertiary/aromatic N) is 2. The molecule has 1 unspecified atom stereocenters. The van der Waals surface area contributed by atoms with E-state index in [-0.39, 0.29) is 28.8 Å². The molecule has 10 heteroatoms. The molecule has 154 valence electrons. The maximum Gasteiger partial charge on any atom is 0.336 e. The second-order valence-electron chi connectivity index (χ2n) is 6.11. The van der Waals surface area contributed by atoms with E-state index < -0.39 is 34.8 Å². The number of para-hydroxylation sites is 1. The van der Waals surface area contributed by atoms with E-state index in [1.165, 1.54) is 41.6 Å². The molecule has 0 saturated heterocycles. The normalized spacial score (nSPS) is 15.1. The van der Waals surface area contributed by atoms with E-state index in [4.69, 9.17) is 9.47 Å². The van der Waals surface area contributed by atoms with Gasteiger partial charge in [0.25, 0.3) is 5.69 Å². The summed E-state index contributed by atoms with van der Waals surface area (Å²) in [5, 5.41) is 21.0. The first-order valence-corrected chi connectivity index (χ1v) is 8.60.